The van der Waals surface area contributed by atoms with Gasteiger partial charge in [0.15, 0.2) is 0 Å². The van der Waals surface area contributed by atoms with Crippen LogP contribution in [-0.2, 0) is 11.3 Å². The van der Waals surface area contributed by atoms with Gasteiger partial charge in [0.05, 0.1) is 6.54 Å². The Morgan fingerprint density at radius 3 is 2.08 bits per heavy atom. The molecule has 0 unspecified atom stereocenters. The number of nitrogens with zero attached hydrogens (tertiary/aromatic N) is 1. The number of amides is 1. The molecule has 1 aliphatic rings. The molecule has 2 rings (SSSR count). The van der Waals surface area contributed by atoms with Crippen molar-refractivity contribution in [1.29, 1.82) is 0 Å². The zero-order valence-corrected chi connectivity index (χ0v) is 15.7. The Hall–Kier alpha value is -0.990. The molecule has 0 bridgehead atoms. The molecule has 1 aromatic rings. The highest BCUT2D eigenvalue weighted by atomic mass is 79.9. The van der Waals surface area contributed by atoms with Gasteiger partial charge in [-0.2, -0.15) is 0 Å². The second-order valence-corrected chi connectivity index (χ2v) is 6.85. The Morgan fingerprint density at radius 1 is 0.958 bits per heavy atom. The maximum Gasteiger partial charge on any atom is 0.234 e. The Morgan fingerprint density at radius 2 is 1.50 bits per heavy atom. The van der Waals surface area contributed by atoms with Crippen LogP contribution in [0.5, 0.6) is 0 Å². The van der Waals surface area contributed by atoms with Crippen LogP contribution >= 0.6 is 15.9 Å². The number of halogens is 1. The summed E-state index contributed by atoms with van der Waals surface area (Å²) in [4.78, 5) is 14.4. The maximum atomic E-state index is 12.2. The monoisotopic (exact) mass is 397 g/mol. The van der Waals surface area contributed by atoms with Crippen LogP contribution in [0.4, 0.5) is 0 Å². The molecule has 6 nitrogen and oxygen atoms in total. The van der Waals surface area contributed by atoms with E-state index in [1.54, 1.807) is 0 Å². The normalized spacial score (nSPS) is 18.4. The molecule has 1 heterocycles. The minimum Gasteiger partial charge on any atom is -0.351 e. The Kier molecular flexibility index (Phi) is 9.30. The molecule has 1 fully saturated rings. The van der Waals surface area contributed by atoms with E-state index in [0.717, 1.165) is 62.4 Å². The fourth-order valence-electron chi connectivity index (χ4n) is 2.53. The predicted molar refractivity (Wildman–Crippen MR) is 101 cm³/mol. The third-order valence-electron chi connectivity index (χ3n) is 3.94. The van der Waals surface area contributed by atoms with Crippen molar-refractivity contribution in [2.75, 3.05) is 58.9 Å². The van der Waals surface area contributed by atoms with E-state index in [1.165, 1.54) is 0 Å². The lowest BCUT2D eigenvalue weighted by atomic mass is 10.2. The van der Waals surface area contributed by atoms with Crippen LogP contribution in [0.25, 0.3) is 0 Å². The van der Waals surface area contributed by atoms with Gasteiger partial charge in [-0.05, 0) is 17.7 Å². The summed E-state index contributed by atoms with van der Waals surface area (Å²) in [6.45, 7) is 8.47. The lowest BCUT2D eigenvalue weighted by Gasteiger charge is -2.23. The quantitative estimate of drug-likeness (QED) is 0.582. The topological polar surface area (TPSA) is 68.4 Å². The second kappa shape index (κ2) is 11.5. The van der Waals surface area contributed by atoms with Gasteiger partial charge in [-0.15, -0.1) is 0 Å². The zero-order chi connectivity index (χ0) is 17.0. The Bertz CT molecular complexity index is 470. The molecule has 1 amide bonds. The van der Waals surface area contributed by atoms with Gasteiger partial charge in [-0.25, -0.2) is 0 Å². The summed E-state index contributed by atoms with van der Waals surface area (Å²) in [5, 5.41) is 13.2. The molecule has 4 N–H and O–H groups in total. The molecule has 1 aromatic carbocycles. The minimum atomic E-state index is 0.0756. The first-order chi connectivity index (χ1) is 11.7. The Balaban J connectivity index is 1.73. The summed E-state index contributed by atoms with van der Waals surface area (Å²) < 4.78 is 1.05. The van der Waals surface area contributed by atoms with E-state index in [0.29, 0.717) is 13.1 Å². The molecule has 0 saturated carbocycles. The van der Waals surface area contributed by atoms with Crippen molar-refractivity contribution in [2.24, 2.45) is 0 Å². The van der Waals surface area contributed by atoms with E-state index in [4.69, 9.17) is 0 Å². The Labute approximate surface area is 152 Å². The minimum absolute atomic E-state index is 0.0756. The SMILES string of the molecule is O=C(CN1CCNCCNCCNCC1)NCc1ccc(Br)cc1. The van der Waals surface area contributed by atoms with E-state index >= 15 is 0 Å². The van der Waals surface area contributed by atoms with Crippen LogP contribution < -0.4 is 21.3 Å². The number of nitrogens with one attached hydrogen (secondary N) is 4. The number of hydrogen-bond acceptors (Lipinski definition) is 5. The first-order valence-corrected chi connectivity index (χ1v) is 9.39. The molecule has 0 atom stereocenters. The van der Waals surface area contributed by atoms with Gasteiger partial charge in [-0.3, -0.25) is 9.69 Å². The summed E-state index contributed by atoms with van der Waals surface area (Å²) in [5.74, 6) is 0.0756. The third-order valence-corrected chi connectivity index (χ3v) is 4.47. The first-order valence-electron chi connectivity index (χ1n) is 8.60. The van der Waals surface area contributed by atoms with Crippen LogP contribution in [0, 0.1) is 0 Å². The summed E-state index contributed by atoms with van der Waals surface area (Å²) in [6.07, 6.45) is 0. The summed E-state index contributed by atoms with van der Waals surface area (Å²) >= 11 is 3.42. The van der Waals surface area contributed by atoms with Crippen LogP contribution in [0.3, 0.4) is 0 Å². The van der Waals surface area contributed by atoms with Gasteiger partial charge >= 0.3 is 0 Å². The molecular weight excluding hydrogens is 370 g/mol. The molecule has 0 spiro atoms. The van der Waals surface area contributed by atoms with E-state index in [9.17, 15) is 4.79 Å². The lowest BCUT2D eigenvalue weighted by Crippen LogP contribution is -2.45. The largest absolute Gasteiger partial charge is 0.351 e. The molecule has 134 valence electrons. The fourth-order valence-corrected chi connectivity index (χ4v) is 2.80. The van der Waals surface area contributed by atoms with E-state index in [2.05, 4.69) is 42.1 Å². The van der Waals surface area contributed by atoms with E-state index in [-0.39, 0.29) is 5.91 Å². The number of carbonyl (C=O) groups is 1. The van der Waals surface area contributed by atoms with Crippen molar-refractivity contribution in [1.82, 2.24) is 26.2 Å². The zero-order valence-electron chi connectivity index (χ0n) is 14.1. The molecule has 0 radical (unpaired) electrons. The fraction of sp³-hybridized carbons (Fsp3) is 0.588. The van der Waals surface area contributed by atoms with Gasteiger partial charge in [0, 0.05) is 63.4 Å². The highest BCUT2D eigenvalue weighted by Crippen LogP contribution is 2.10. The number of benzene rings is 1. The van der Waals surface area contributed by atoms with Gasteiger partial charge < -0.3 is 21.3 Å². The average Bonchev–Trinajstić information content (AvgIpc) is 2.57. The first kappa shape index (κ1) is 19.3. The van der Waals surface area contributed by atoms with Crippen LogP contribution in [0.1, 0.15) is 5.56 Å². The second-order valence-electron chi connectivity index (χ2n) is 5.93. The highest BCUT2D eigenvalue weighted by Gasteiger charge is 2.10. The molecule has 1 aliphatic heterocycles. The predicted octanol–water partition coefficient (Wildman–Crippen LogP) is 0.150. The molecule has 1 saturated heterocycles. The molecule has 7 heteroatoms. The third kappa shape index (κ3) is 8.21. The molecular formula is C17H28BrN5O. The van der Waals surface area contributed by atoms with E-state index < -0.39 is 0 Å². The van der Waals surface area contributed by atoms with Crippen molar-refractivity contribution in [3.8, 4) is 0 Å². The summed E-state index contributed by atoms with van der Waals surface area (Å²) in [6, 6.07) is 8.01. The van der Waals surface area contributed by atoms with Gasteiger partial charge in [0.1, 0.15) is 0 Å². The lowest BCUT2D eigenvalue weighted by molar-refractivity contribution is -0.122. The molecule has 0 aromatic heterocycles. The highest BCUT2D eigenvalue weighted by molar-refractivity contribution is 9.10. The number of carbonyl (C=O) groups excluding carboxylic acids is 1. The van der Waals surface area contributed by atoms with Crippen molar-refractivity contribution >= 4 is 21.8 Å². The van der Waals surface area contributed by atoms with Gasteiger partial charge in [-0.1, -0.05) is 28.1 Å². The van der Waals surface area contributed by atoms with Gasteiger partial charge in [0.2, 0.25) is 5.91 Å². The van der Waals surface area contributed by atoms with Crippen LogP contribution in [-0.4, -0.2) is 69.7 Å². The van der Waals surface area contributed by atoms with Crippen LogP contribution in [0.15, 0.2) is 28.7 Å². The van der Waals surface area contributed by atoms with Crippen molar-refractivity contribution in [2.45, 2.75) is 6.54 Å². The van der Waals surface area contributed by atoms with Crippen molar-refractivity contribution in [3.05, 3.63) is 34.3 Å². The summed E-state index contributed by atoms with van der Waals surface area (Å²) in [5.41, 5.74) is 1.11. The maximum absolute atomic E-state index is 12.2. The van der Waals surface area contributed by atoms with E-state index in [1.807, 2.05) is 24.3 Å². The van der Waals surface area contributed by atoms with Crippen LogP contribution in [0.2, 0.25) is 0 Å². The molecule has 0 aliphatic carbocycles. The number of rotatable bonds is 4. The smallest absolute Gasteiger partial charge is 0.234 e. The summed E-state index contributed by atoms with van der Waals surface area (Å²) in [7, 11) is 0. The number of hydrogen-bond donors (Lipinski definition) is 4. The average molecular weight is 398 g/mol. The van der Waals surface area contributed by atoms with Crippen molar-refractivity contribution in [3.63, 3.8) is 0 Å². The molecule has 24 heavy (non-hydrogen) atoms. The van der Waals surface area contributed by atoms with Gasteiger partial charge in [0.25, 0.3) is 0 Å². The van der Waals surface area contributed by atoms with Crippen molar-refractivity contribution < 1.29 is 4.79 Å². The standard InChI is InChI=1S/C17H28BrN5O/c18-16-3-1-15(2-4-16)13-22-17(24)14-23-11-9-20-7-5-19-6-8-21-10-12-23/h1-4,19-21H,5-14H2,(H,22,24).